The van der Waals surface area contributed by atoms with Crippen LogP contribution in [0, 0.1) is 11.3 Å². The summed E-state index contributed by atoms with van der Waals surface area (Å²) in [5, 5.41) is 30.2. The molecule has 3 N–H and O–H groups in total. The molecule has 0 saturated carbocycles. The average molecular weight is 390 g/mol. The molecular weight excluding hydrogens is 364 g/mol. The number of carboxylic acid groups (broad SMARTS) is 1. The van der Waals surface area contributed by atoms with E-state index in [1.165, 1.54) is 0 Å². The number of hydrogen-bond acceptors (Lipinski definition) is 7. The van der Waals surface area contributed by atoms with E-state index in [4.69, 9.17) is 19.8 Å². The van der Waals surface area contributed by atoms with Crippen LogP contribution in [0.3, 0.4) is 0 Å². The molecule has 1 amide bonds. The van der Waals surface area contributed by atoms with Gasteiger partial charge in [0, 0.05) is 45.8 Å². The molecule has 2 saturated heterocycles. The highest BCUT2D eigenvalue weighted by Crippen LogP contribution is 2.19. The predicted molar refractivity (Wildman–Crippen MR) is 100 cm³/mol. The monoisotopic (exact) mass is 390 g/mol. The summed E-state index contributed by atoms with van der Waals surface area (Å²) in [6, 6.07) is 8.86. The molecule has 3 atom stereocenters. The molecular formula is C19H26N4O5. The number of carbonyl (C=O) groups is 1. The number of nitrogens with one attached hydrogen (secondary N) is 1. The summed E-state index contributed by atoms with van der Waals surface area (Å²) >= 11 is 0. The Morgan fingerprint density at radius 1 is 1.25 bits per heavy atom. The van der Waals surface area contributed by atoms with Gasteiger partial charge in [0.2, 0.25) is 0 Å². The third-order valence-electron chi connectivity index (χ3n) is 4.83. The lowest BCUT2D eigenvalue weighted by molar-refractivity contribution is -0.142. The van der Waals surface area contributed by atoms with E-state index < -0.39 is 12.2 Å². The molecule has 0 radical (unpaired) electrons. The number of ether oxygens (including phenoxy) is 2. The van der Waals surface area contributed by atoms with Crippen LogP contribution in [0.15, 0.2) is 24.3 Å². The van der Waals surface area contributed by atoms with Gasteiger partial charge in [0.15, 0.2) is 0 Å². The van der Waals surface area contributed by atoms with E-state index in [0.717, 1.165) is 26.2 Å². The summed E-state index contributed by atoms with van der Waals surface area (Å²) in [4.78, 5) is 15.0. The van der Waals surface area contributed by atoms with Crippen molar-refractivity contribution in [3.05, 3.63) is 29.8 Å². The average Bonchev–Trinajstić information content (AvgIpc) is 2.66. The first-order chi connectivity index (χ1) is 13.5. The zero-order valence-electron chi connectivity index (χ0n) is 15.7. The second-order valence-electron chi connectivity index (χ2n) is 7.19. The number of nitrogens with zero attached hydrogens (tertiary/aromatic N) is 3. The van der Waals surface area contributed by atoms with Crippen LogP contribution in [0.4, 0.5) is 4.79 Å². The number of β-amino-alcohol motifs (C(OH)–C–C–N with tert-alkyl or cyclic N) is 1. The van der Waals surface area contributed by atoms with Crippen LogP contribution >= 0.6 is 0 Å². The molecule has 0 spiro atoms. The lowest BCUT2D eigenvalue weighted by Gasteiger charge is -2.46. The van der Waals surface area contributed by atoms with Gasteiger partial charge in [-0.1, -0.05) is 0 Å². The highest BCUT2D eigenvalue weighted by molar-refractivity contribution is 5.64. The van der Waals surface area contributed by atoms with Gasteiger partial charge in [-0.05, 0) is 24.3 Å². The molecule has 3 rings (SSSR count). The fourth-order valence-corrected chi connectivity index (χ4v) is 3.68. The van der Waals surface area contributed by atoms with Gasteiger partial charge in [-0.15, -0.1) is 0 Å². The van der Waals surface area contributed by atoms with E-state index in [0.29, 0.717) is 30.9 Å². The second kappa shape index (κ2) is 9.71. The third-order valence-corrected chi connectivity index (χ3v) is 4.83. The van der Waals surface area contributed by atoms with E-state index in [9.17, 15) is 9.90 Å². The van der Waals surface area contributed by atoms with Crippen molar-refractivity contribution in [3.8, 4) is 11.8 Å². The third kappa shape index (κ3) is 6.07. The Balaban J connectivity index is 1.39. The van der Waals surface area contributed by atoms with Gasteiger partial charge >= 0.3 is 6.09 Å². The summed E-state index contributed by atoms with van der Waals surface area (Å²) < 4.78 is 11.6. The Kier molecular flexibility index (Phi) is 7.06. The predicted octanol–water partition coefficient (Wildman–Crippen LogP) is -0.0494. The molecule has 9 heteroatoms. The number of amides is 1. The molecule has 2 aliphatic rings. The van der Waals surface area contributed by atoms with Crippen LogP contribution in [-0.4, -0.2) is 96.8 Å². The maximum Gasteiger partial charge on any atom is 0.404 e. The molecule has 28 heavy (non-hydrogen) atoms. The second-order valence-corrected chi connectivity index (χ2v) is 7.19. The highest BCUT2D eigenvalue weighted by atomic mass is 16.5. The molecule has 2 fully saturated rings. The minimum Gasteiger partial charge on any atom is -0.491 e. The summed E-state index contributed by atoms with van der Waals surface area (Å²) in [7, 11) is 0. The van der Waals surface area contributed by atoms with Crippen molar-refractivity contribution in [2.75, 3.05) is 52.4 Å². The van der Waals surface area contributed by atoms with Gasteiger partial charge in [-0.3, -0.25) is 9.80 Å². The van der Waals surface area contributed by atoms with Crippen LogP contribution in [-0.2, 0) is 4.74 Å². The number of benzene rings is 1. The Bertz CT molecular complexity index is 679. The van der Waals surface area contributed by atoms with Crippen molar-refractivity contribution in [3.63, 3.8) is 0 Å². The molecule has 1 aromatic carbocycles. The topological polar surface area (TPSA) is 118 Å². The van der Waals surface area contributed by atoms with Crippen molar-refractivity contribution in [1.82, 2.24) is 15.1 Å². The summed E-state index contributed by atoms with van der Waals surface area (Å²) in [6.07, 6.45) is -1.50. The van der Waals surface area contributed by atoms with Crippen LogP contribution < -0.4 is 10.1 Å². The van der Waals surface area contributed by atoms with Crippen LogP contribution in [0.5, 0.6) is 5.75 Å². The minimum atomic E-state index is -1.00. The molecule has 0 aliphatic carbocycles. The number of nitriles is 1. The zero-order valence-corrected chi connectivity index (χ0v) is 15.7. The number of fused-ring (bicyclic) bond motifs is 2. The number of aliphatic hydroxyl groups is 1. The lowest BCUT2D eigenvalue weighted by Crippen LogP contribution is -2.61. The number of aliphatic hydroxyl groups excluding tert-OH is 1. The van der Waals surface area contributed by atoms with Crippen molar-refractivity contribution < 1.29 is 24.5 Å². The van der Waals surface area contributed by atoms with Crippen molar-refractivity contribution in [2.24, 2.45) is 0 Å². The van der Waals surface area contributed by atoms with E-state index in [1.807, 2.05) is 0 Å². The van der Waals surface area contributed by atoms with E-state index >= 15 is 0 Å². The minimum absolute atomic E-state index is 0.0592. The zero-order chi connectivity index (χ0) is 19.9. The molecule has 1 aromatic rings. The van der Waals surface area contributed by atoms with E-state index in [2.05, 4.69) is 21.2 Å². The molecule has 0 aromatic heterocycles. The highest BCUT2D eigenvalue weighted by Gasteiger charge is 2.35. The molecule has 152 valence electrons. The first-order valence-electron chi connectivity index (χ1n) is 9.40. The van der Waals surface area contributed by atoms with Gasteiger partial charge in [-0.2, -0.15) is 5.26 Å². The van der Waals surface area contributed by atoms with Gasteiger partial charge in [0.05, 0.1) is 23.8 Å². The van der Waals surface area contributed by atoms with Gasteiger partial charge in [0.25, 0.3) is 0 Å². The van der Waals surface area contributed by atoms with Gasteiger partial charge in [0.1, 0.15) is 18.5 Å². The van der Waals surface area contributed by atoms with E-state index in [1.54, 1.807) is 24.3 Å². The molecule has 2 bridgehead atoms. The lowest BCUT2D eigenvalue weighted by atomic mass is 10.1. The fraction of sp³-hybridized carbons (Fsp3) is 0.579. The summed E-state index contributed by atoms with van der Waals surface area (Å²) in [6.45, 7) is 4.74. The molecule has 2 aliphatic heterocycles. The maximum atomic E-state index is 10.5. The molecule has 2 unspecified atom stereocenters. The van der Waals surface area contributed by atoms with Crippen LogP contribution in [0.2, 0.25) is 0 Å². The smallest absolute Gasteiger partial charge is 0.404 e. The van der Waals surface area contributed by atoms with Crippen LogP contribution in [0.25, 0.3) is 0 Å². The molecule has 2 heterocycles. The first-order valence-corrected chi connectivity index (χ1v) is 9.40. The summed E-state index contributed by atoms with van der Waals surface area (Å²) in [5.41, 5.74) is 0.570. The Labute approximate surface area is 164 Å². The fourth-order valence-electron chi connectivity index (χ4n) is 3.68. The van der Waals surface area contributed by atoms with E-state index in [-0.39, 0.29) is 18.8 Å². The van der Waals surface area contributed by atoms with Crippen molar-refractivity contribution in [1.29, 1.82) is 5.26 Å². The van der Waals surface area contributed by atoms with Gasteiger partial charge < -0.3 is 25.0 Å². The Hall–Kier alpha value is -2.38. The normalized spacial score (nSPS) is 23.6. The Morgan fingerprint density at radius 2 is 1.89 bits per heavy atom. The molecule has 9 nitrogen and oxygen atoms in total. The first kappa shape index (κ1) is 20.4. The number of morpholine rings is 2. The standard InChI is InChI=1S/C19H26N4O5/c20-7-14-1-3-16(4-2-14)27-13-15(24)8-23-11-17-9-22(6-5-21-19(25)26)10-18(12-23)28-17/h1-4,15,17-18,21,24H,5-6,8-13H2,(H,25,26)/t15-,17?,18?/m0/s1. The number of rotatable bonds is 8. The number of hydrogen-bond donors (Lipinski definition) is 3. The largest absolute Gasteiger partial charge is 0.491 e. The maximum absolute atomic E-state index is 10.5. The van der Waals surface area contributed by atoms with Crippen LogP contribution in [0.1, 0.15) is 5.56 Å². The van der Waals surface area contributed by atoms with Gasteiger partial charge in [-0.25, -0.2) is 4.79 Å². The van der Waals surface area contributed by atoms with Crippen molar-refractivity contribution in [2.45, 2.75) is 18.3 Å². The van der Waals surface area contributed by atoms with Crippen molar-refractivity contribution >= 4 is 6.09 Å². The summed E-state index contributed by atoms with van der Waals surface area (Å²) in [5.74, 6) is 0.627. The SMILES string of the molecule is N#Cc1ccc(OC[C@@H](O)CN2CC3CN(CCNC(=O)O)CC(C2)O3)cc1. The Morgan fingerprint density at radius 3 is 2.50 bits per heavy atom. The quantitative estimate of drug-likeness (QED) is 0.566.